The number of thioether (sulfide) groups is 1. The maximum atomic E-state index is 14.1. The van der Waals surface area contributed by atoms with Gasteiger partial charge < -0.3 is 64.6 Å². The fourth-order valence-corrected chi connectivity index (χ4v) is 7.64. The van der Waals surface area contributed by atoms with Crippen LogP contribution < -0.4 is 31.7 Å². The zero-order chi connectivity index (χ0) is 58.9. The van der Waals surface area contributed by atoms with E-state index >= 15 is 0 Å². The van der Waals surface area contributed by atoms with Crippen LogP contribution in [0.25, 0.3) is 22.6 Å². The number of ether oxygens (including phenoxy) is 7. The number of nitrogens with two attached hydrogens (primary N) is 1. The van der Waals surface area contributed by atoms with E-state index in [1.165, 1.54) is 18.4 Å². The average molecular weight is 1130 g/mol. The Kier molecular flexibility index (Phi) is 22.6. The lowest BCUT2D eigenvalue weighted by Gasteiger charge is -2.26. The van der Waals surface area contributed by atoms with E-state index in [1.807, 2.05) is 6.07 Å². The summed E-state index contributed by atoms with van der Waals surface area (Å²) in [5, 5.41) is 31.4. The number of amides is 4. The van der Waals surface area contributed by atoms with Crippen LogP contribution in [0.3, 0.4) is 0 Å². The van der Waals surface area contributed by atoms with Crippen LogP contribution in [-0.4, -0.2) is 113 Å². The monoisotopic (exact) mass is 1130 g/mol. The first-order valence-electron chi connectivity index (χ1n) is 24.8. The molecule has 0 bridgehead atoms. The Hall–Kier alpha value is -7.96. The number of hydrogen-bond acceptors (Lipinski definition) is 20. The number of pyridine rings is 1. The Morgan fingerprint density at radius 3 is 1.63 bits per heavy atom. The number of halogens is 1. The van der Waals surface area contributed by atoms with Crippen molar-refractivity contribution in [3.63, 3.8) is 0 Å². The lowest BCUT2D eigenvalue weighted by molar-refractivity contribution is -0.163. The Balaban J connectivity index is 1.62. The molecular weight excluding hydrogens is 1070 g/mol. The summed E-state index contributed by atoms with van der Waals surface area (Å²) in [4.78, 5) is 87.7. The maximum Gasteiger partial charge on any atom is 0.408 e. The van der Waals surface area contributed by atoms with Crippen molar-refractivity contribution in [1.82, 2.24) is 31.2 Å². The number of alkyl carbamates (subject to hydrolysis) is 4. The van der Waals surface area contributed by atoms with E-state index < -0.39 is 90.1 Å². The molecule has 2 heterocycles. The van der Waals surface area contributed by atoms with Crippen molar-refractivity contribution in [2.24, 2.45) is 0 Å². The van der Waals surface area contributed by atoms with E-state index in [9.17, 15) is 39.3 Å². The number of nitriles is 2. The van der Waals surface area contributed by atoms with Crippen molar-refractivity contribution < 1.29 is 66.3 Å². The third kappa shape index (κ3) is 22.5. The predicted molar refractivity (Wildman–Crippen MR) is 290 cm³/mol. The Bertz CT molecular complexity index is 2860. The van der Waals surface area contributed by atoms with Gasteiger partial charge in [0.1, 0.15) is 88.3 Å². The highest BCUT2D eigenvalue weighted by Crippen LogP contribution is 2.37. The molecule has 4 rings (SSSR count). The number of hydrogen-bond donors (Lipinski definition) is 5. The van der Waals surface area contributed by atoms with E-state index in [1.54, 1.807) is 119 Å². The topological polar surface area (TPSA) is 328 Å². The number of esters is 2. The lowest BCUT2D eigenvalue weighted by Crippen LogP contribution is -2.48. The van der Waals surface area contributed by atoms with Crippen molar-refractivity contribution in [3.8, 4) is 40.5 Å². The Morgan fingerprint density at radius 1 is 0.658 bits per heavy atom. The first kappa shape index (κ1) is 63.6. The van der Waals surface area contributed by atoms with Crippen molar-refractivity contribution in [1.29, 1.82) is 10.5 Å². The molecule has 0 aliphatic carbocycles. The van der Waals surface area contributed by atoms with E-state index in [0.29, 0.717) is 27.7 Å². The second-order valence-electron chi connectivity index (χ2n) is 21.4. The van der Waals surface area contributed by atoms with Crippen molar-refractivity contribution in [2.45, 2.75) is 147 Å². The van der Waals surface area contributed by atoms with E-state index in [-0.39, 0.29) is 65.0 Å². The molecule has 2 unspecified atom stereocenters. The smallest absolute Gasteiger partial charge is 0.408 e. The summed E-state index contributed by atoms with van der Waals surface area (Å²) in [7, 11) is 0. The van der Waals surface area contributed by atoms with Crippen LogP contribution in [0.1, 0.15) is 113 Å². The summed E-state index contributed by atoms with van der Waals surface area (Å²) in [6.07, 6.45) is -3.89. The summed E-state index contributed by atoms with van der Waals surface area (Å²) >= 11 is 7.19. The average Bonchev–Trinajstić information content (AvgIpc) is 3.84. The molecule has 25 heteroatoms. The molecule has 0 aliphatic heterocycles. The fraction of sp³-hybridized carbons (Fsp3) is 0.481. The summed E-state index contributed by atoms with van der Waals surface area (Å²) < 4.78 is 44.6. The van der Waals surface area contributed by atoms with Gasteiger partial charge in [-0.25, -0.2) is 38.7 Å². The van der Waals surface area contributed by atoms with Crippen molar-refractivity contribution in [3.05, 3.63) is 76.6 Å². The molecule has 4 amide bonds. The lowest BCUT2D eigenvalue weighted by atomic mass is 9.97. The molecule has 0 fully saturated rings. The second-order valence-corrected chi connectivity index (χ2v) is 22.8. The van der Waals surface area contributed by atoms with Crippen LogP contribution in [0.2, 0.25) is 5.02 Å². The van der Waals surface area contributed by atoms with Gasteiger partial charge in [0.2, 0.25) is 5.89 Å². The third-order valence-electron chi connectivity index (χ3n) is 9.84. The maximum absolute atomic E-state index is 14.1. The SMILES string of the molecule is CC(C)(C)OC(=O)NCCC(NC(=O)OC(C)(C)C)C(=O)OC[C@H](COc1ccc(-c2c(C#N)c(N)nc(SCc3coc(-c4ccc(Cl)cc4)n3)c2C#N)cc1)OC(=O)C(CCNC(=O)OC(C)(C)C)NC(=O)OC(C)(C)C. The summed E-state index contributed by atoms with van der Waals surface area (Å²) in [6, 6.07) is 14.4. The molecule has 6 N–H and O–H groups in total. The van der Waals surface area contributed by atoms with Crippen molar-refractivity contribution >= 4 is 65.5 Å². The number of rotatable bonds is 21. The fourth-order valence-electron chi connectivity index (χ4n) is 6.64. The van der Waals surface area contributed by atoms with Crippen LogP contribution in [0, 0.1) is 22.7 Å². The molecule has 2 aromatic heterocycles. The summed E-state index contributed by atoms with van der Waals surface area (Å²) in [6.45, 7) is 18.2. The molecular formula is C54H68ClN9O14S. The number of anilines is 1. The Labute approximate surface area is 468 Å². The van der Waals surface area contributed by atoms with Gasteiger partial charge in [-0.3, -0.25) is 0 Å². The molecule has 79 heavy (non-hydrogen) atoms. The van der Waals surface area contributed by atoms with Gasteiger partial charge in [-0.05, 0) is 138 Å². The van der Waals surface area contributed by atoms with E-state index in [0.717, 1.165) is 11.8 Å². The molecule has 2 aromatic carbocycles. The molecule has 4 aromatic rings. The summed E-state index contributed by atoms with van der Waals surface area (Å²) in [5.74, 6) is -1.43. The highest BCUT2D eigenvalue weighted by atomic mass is 35.5. The zero-order valence-corrected chi connectivity index (χ0v) is 47.8. The molecule has 0 aliphatic rings. The third-order valence-corrected chi connectivity index (χ3v) is 11.1. The number of nitrogens with zero attached hydrogens (tertiary/aromatic N) is 4. The molecule has 0 saturated heterocycles. The number of carbonyl (C=O) groups excluding carboxylic acids is 6. The zero-order valence-electron chi connectivity index (χ0n) is 46.2. The quantitative estimate of drug-likeness (QED) is 0.0295. The van der Waals surface area contributed by atoms with Gasteiger partial charge in [-0.15, -0.1) is 0 Å². The van der Waals surface area contributed by atoms with Crippen molar-refractivity contribution in [2.75, 3.05) is 32.0 Å². The predicted octanol–water partition coefficient (Wildman–Crippen LogP) is 9.12. The first-order valence-corrected chi connectivity index (χ1v) is 26.2. The number of nitrogens with one attached hydrogen (secondary N) is 4. The highest BCUT2D eigenvalue weighted by molar-refractivity contribution is 7.98. The standard InChI is InChI=1S/C54H68ClN9O14S/c1-51(2,3)75-47(67)59-23-21-39(62-49(69)77-53(7,8)9)45(65)73-29-36(74-46(66)40(63-50(70)78-54(10,11)12)22-24-60-48(68)76-52(4,5)6)28-71-35-19-15-31(16-20-35)41-37(25-56)42(58)64-44(38(41)26-57)79-30-34-27-72-43(61-34)32-13-17-33(55)18-14-32/h13-20,27,36,39-40H,21-24,28-30H2,1-12H3,(H2,58,64)(H,59,67)(H,60,68)(H,62,69)(H,63,70)/t36-,39?,40?/m0/s1. The van der Waals surface area contributed by atoms with Crippen LogP contribution in [0.5, 0.6) is 5.75 Å². The van der Waals surface area contributed by atoms with Gasteiger partial charge in [-0.2, -0.15) is 10.5 Å². The number of nitrogen functional groups attached to an aromatic ring is 1. The minimum atomic E-state index is -1.45. The van der Waals surface area contributed by atoms with Crippen LogP contribution in [-0.2, 0) is 43.8 Å². The normalized spacial score (nSPS) is 12.7. The number of carbonyl (C=O) groups is 6. The number of aromatic nitrogens is 2. The molecule has 3 atom stereocenters. The minimum Gasteiger partial charge on any atom is -0.490 e. The van der Waals surface area contributed by atoms with Crippen LogP contribution >= 0.6 is 23.4 Å². The van der Waals surface area contributed by atoms with Crippen LogP contribution in [0.4, 0.5) is 25.0 Å². The number of benzene rings is 2. The first-order chi connectivity index (χ1) is 36.8. The van der Waals surface area contributed by atoms with E-state index in [4.69, 9.17) is 54.9 Å². The molecule has 0 saturated carbocycles. The van der Waals surface area contributed by atoms with Gasteiger partial charge in [0.05, 0.1) is 11.3 Å². The minimum absolute atomic E-state index is 0.0502. The summed E-state index contributed by atoms with van der Waals surface area (Å²) in [5.41, 5.74) is 4.57. The Morgan fingerprint density at radius 2 is 1.14 bits per heavy atom. The molecule has 23 nitrogen and oxygen atoms in total. The van der Waals surface area contributed by atoms with Gasteiger partial charge >= 0.3 is 36.3 Å². The largest absolute Gasteiger partial charge is 0.490 e. The number of oxazole rings is 1. The van der Waals surface area contributed by atoms with E-state index in [2.05, 4.69) is 37.3 Å². The highest BCUT2D eigenvalue weighted by Gasteiger charge is 2.32. The van der Waals surface area contributed by atoms with Gasteiger partial charge in [0.15, 0.2) is 6.10 Å². The van der Waals surface area contributed by atoms with Gasteiger partial charge in [0.25, 0.3) is 0 Å². The second kappa shape index (κ2) is 28.1. The van der Waals surface area contributed by atoms with Crippen LogP contribution in [0.15, 0.2) is 64.2 Å². The van der Waals surface area contributed by atoms with Gasteiger partial charge in [0, 0.05) is 35.0 Å². The molecule has 426 valence electrons. The molecule has 0 spiro atoms. The molecule has 0 radical (unpaired) electrons. The van der Waals surface area contributed by atoms with Gasteiger partial charge in [-0.1, -0.05) is 35.5 Å².